The molecule has 1 amide bonds. The fraction of sp³-hybridized carbons (Fsp3) is 0.333. The maximum absolute atomic E-state index is 12.6. The minimum absolute atomic E-state index is 0.0911. The standard InChI is InChI=1S/C21H23N3O2/c25-20-14-23(12-10-17(20)16-6-2-1-3-7-16)21(26)11-13-24-15-22-18-8-4-5-9-19(18)24/h1-9,15,17,20,25H,10-14H2/t17-,20+/m0/s1. The second-order valence-electron chi connectivity index (χ2n) is 6.89. The highest BCUT2D eigenvalue weighted by atomic mass is 16.3. The van der Waals surface area contributed by atoms with Gasteiger partial charge in [-0.3, -0.25) is 4.79 Å². The first-order chi connectivity index (χ1) is 12.7. The van der Waals surface area contributed by atoms with Gasteiger partial charge in [-0.25, -0.2) is 4.98 Å². The van der Waals surface area contributed by atoms with Crippen molar-refractivity contribution in [3.8, 4) is 0 Å². The summed E-state index contributed by atoms with van der Waals surface area (Å²) >= 11 is 0. The number of aryl methyl sites for hydroxylation is 1. The number of aliphatic hydroxyl groups excluding tert-OH is 1. The lowest BCUT2D eigenvalue weighted by Crippen LogP contribution is -2.45. The molecule has 0 radical (unpaired) electrons. The van der Waals surface area contributed by atoms with Gasteiger partial charge in [0.1, 0.15) is 0 Å². The third-order valence-corrected chi connectivity index (χ3v) is 5.26. The molecule has 2 atom stereocenters. The maximum atomic E-state index is 12.6. The van der Waals surface area contributed by atoms with Crippen LogP contribution < -0.4 is 0 Å². The van der Waals surface area contributed by atoms with Crippen molar-refractivity contribution < 1.29 is 9.90 Å². The smallest absolute Gasteiger partial charge is 0.224 e. The molecule has 1 saturated heterocycles. The van der Waals surface area contributed by atoms with Crippen molar-refractivity contribution in [2.75, 3.05) is 13.1 Å². The lowest BCUT2D eigenvalue weighted by Gasteiger charge is -2.36. The molecule has 1 aliphatic rings. The Morgan fingerprint density at radius 2 is 1.88 bits per heavy atom. The molecular formula is C21H23N3O2. The van der Waals surface area contributed by atoms with E-state index in [2.05, 4.69) is 17.1 Å². The van der Waals surface area contributed by atoms with Crippen LogP contribution in [0, 0.1) is 0 Å². The quantitative estimate of drug-likeness (QED) is 0.788. The average Bonchev–Trinajstić information content (AvgIpc) is 3.10. The van der Waals surface area contributed by atoms with Gasteiger partial charge in [0.05, 0.1) is 23.5 Å². The number of likely N-dealkylation sites (tertiary alicyclic amines) is 1. The highest BCUT2D eigenvalue weighted by molar-refractivity contribution is 5.77. The van der Waals surface area contributed by atoms with Crippen molar-refractivity contribution in [2.24, 2.45) is 0 Å². The molecule has 2 aromatic carbocycles. The van der Waals surface area contributed by atoms with Gasteiger partial charge in [-0.15, -0.1) is 0 Å². The van der Waals surface area contributed by atoms with Gasteiger partial charge in [0.15, 0.2) is 0 Å². The highest BCUT2D eigenvalue weighted by Gasteiger charge is 2.30. The Morgan fingerprint density at radius 1 is 1.12 bits per heavy atom. The third kappa shape index (κ3) is 3.35. The second kappa shape index (κ2) is 7.30. The summed E-state index contributed by atoms with van der Waals surface area (Å²) in [5.74, 6) is 0.200. The van der Waals surface area contributed by atoms with Gasteiger partial charge in [0.2, 0.25) is 5.91 Å². The predicted molar refractivity (Wildman–Crippen MR) is 101 cm³/mol. The maximum Gasteiger partial charge on any atom is 0.224 e. The van der Waals surface area contributed by atoms with Gasteiger partial charge in [0, 0.05) is 32.0 Å². The highest BCUT2D eigenvalue weighted by Crippen LogP contribution is 2.28. The molecule has 1 N–H and O–H groups in total. The van der Waals surface area contributed by atoms with Gasteiger partial charge in [-0.1, -0.05) is 42.5 Å². The Bertz CT molecular complexity index is 890. The number of hydrogen-bond acceptors (Lipinski definition) is 3. The number of nitrogens with zero attached hydrogens (tertiary/aromatic N) is 3. The fourth-order valence-electron chi connectivity index (χ4n) is 3.81. The molecule has 26 heavy (non-hydrogen) atoms. The average molecular weight is 349 g/mol. The summed E-state index contributed by atoms with van der Waals surface area (Å²) < 4.78 is 2.01. The van der Waals surface area contributed by atoms with Gasteiger partial charge in [-0.2, -0.15) is 0 Å². The van der Waals surface area contributed by atoms with Crippen molar-refractivity contribution in [3.05, 3.63) is 66.5 Å². The van der Waals surface area contributed by atoms with E-state index in [1.54, 1.807) is 11.2 Å². The zero-order valence-corrected chi connectivity index (χ0v) is 14.7. The lowest BCUT2D eigenvalue weighted by molar-refractivity contribution is -0.134. The van der Waals surface area contributed by atoms with E-state index in [4.69, 9.17) is 0 Å². The minimum Gasteiger partial charge on any atom is -0.391 e. The summed E-state index contributed by atoms with van der Waals surface area (Å²) in [7, 11) is 0. The summed E-state index contributed by atoms with van der Waals surface area (Å²) in [6.07, 6.45) is 2.49. The molecule has 0 bridgehead atoms. The number of para-hydroxylation sites is 2. The monoisotopic (exact) mass is 349 g/mol. The Hall–Kier alpha value is -2.66. The molecule has 134 valence electrons. The Labute approximate surface area is 152 Å². The first kappa shape index (κ1) is 16.8. The second-order valence-corrected chi connectivity index (χ2v) is 6.89. The number of aromatic nitrogens is 2. The summed E-state index contributed by atoms with van der Waals surface area (Å²) in [5.41, 5.74) is 3.14. The molecule has 0 unspecified atom stereocenters. The van der Waals surface area contributed by atoms with Crippen molar-refractivity contribution in [3.63, 3.8) is 0 Å². The van der Waals surface area contributed by atoms with Crippen LogP contribution in [0.15, 0.2) is 60.9 Å². The topological polar surface area (TPSA) is 58.4 Å². The zero-order valence-electron chi connectivity index (χ0n) is 14.7. The van der Waals surface area contributed by atoms with Crippen molar-refractivity contribution >= 4 is 16.9 Å². The molecule has 0 aliphatic carbocycles. The van der Waals surface area contributed by atoms with Crippen LogP contribution in [0.4, 0.5) is 0 Å². The number of piperidine rings is 1. The Morgan fingerprint density at radius 3 is 2.69 bits per heavy atom. The van der Waals surface area contributed by atoms with E-state index < -0.39 is 6.10 Å². The summed E-state index contributed by atoms with van der Waals surface area (Å²) in [4.78, 5) is 18.8. The normalized spacial score (nSPS) is 20.4. The molecule has 2 heterocycles. The van der Waals surface area contributed by atoms with E-state index in [-0.39, 0.29) is 11.8 Å². The summed E-state index contributed by atoms with van der Waals surface area (Å²) in [5, 5.41) is 10.5. The zero-order chi connectivity index (χ0) is 17.9. The Kier molecular flexibility index (Phi) is 4.71. The molecule has 1 fully saturated rings. The van der Waals surface area contributed by atoms with Crippen LogP contribution in [0.1, 0.15) is 24.3 Å². The molecule has 5 heteroatoms. The van der Waals surface area contributed by atoms with Crippen LogP contribution in [0.3, 0.4) is 0 Å². The fourth-order valence-corrected chi connectivity index (χ4v) is 3.81. The van der Waals surface area contributed by atoms with Crippen LogP contribution in [-0.4, -0.2) is 44.7 Å². The summed E-state index contributed by atoms with van der Waals surface area (Å²) in [6.45, 7) is 1.71. The lowest BCUT2D eigenvalue weighted by atomic mass is 9.87. The van der Waals surface area contributed by atoms with Crippen LogP contribution in [0.25, 0.3) is 11.0 Å². The molecule has 5 nitrogen and oxygen atoms in total. The van der Waals surface area contributed by atoms with Crippen LogP contribution >= 0.6 is 0 Å². The van der Waals surface area contributed by atoms with Crippen molar-refractivity contribution in [1.29, 1.82) is 0 Å². The van der Waals surface area contributed by atoms with Gasteiger partial charge >= 0.3 is 0 Å². The van der Waals surface area contributed by atoms with E-state index in [1.165, 1.54) is 0 Å². The number of β-amino-alcohol motifs (C(OH)–C–C–N with tert-alkyl or cyclic N) is 1. The number of carbonyl (C=O) groups is 1. The number of carbonyl (C=O) groups excluding carboxylic acids is 1. The van der Waals surface area contributed by atoms with E-state index >= 15 is 0 Å². The number of amides is 1. The van der Waals surface area contributed by atoms with Gasteiger partial charge in [0.25, 0.3) is 0 Å². The van der Waals surface area contributed by atoms with Crippen LogP contribution in [0.2, 0.25) is 0 Å². The number of rotatable bonds is 4. The van der Waals surface area contributed by atoms with Gasteiger partial charge < -0.3 is 14.6 Å². The number of hydrogen-bond donors (Lipinski definition) is 1. The molecule has 0 saturated carbocycles. The van der Waals surface area contributed by atoms with E-state index in [0.29, 0.717) is 26.1 Å². The largest absolute Gasteiger partial charge is 0.391 e. The first-order valence-electron chi connectivity index (χ1n) is 9.13. The van der Waals surface area contributed by atoms with Crippen molar-refractivity contribution in [2.45, 2.75) is 31.4 Å². The van der Waals surface area contributed by atoms with Crippen LogP contribution in [-0.2, 0) is 11.3 Å². The van der Waals surface area contributed by atoms with Gasteiger partial charge in [-0.05, 0) is 24.1 Å². The van der Waals surface area contributed by atoms with Crippen LogP contribution in [0.5, 0.6) is 0 Å². The number of imidazole rings is 1. The minimum atomic E-state index is -0.510. The van der Waals surface area contributed by atoms with E-state index in [0.717, 1.165) is 23.0 Å². The SMILES string of the molecule is O=C(CCn1cnc2ccccc21)N1CC[C@@H](c2ccccc2)[C@H](O)C1. The molecule has 0 spiro atoms. The number of fused-ring (bicyclic) bond motifs is 1. The van der Waals surface area contributed by atoms with E-state index in [9.17, 15) is 9.90 Å². The molecule has 3 aromatic rings. The predicted octanol–water partition coefficient (Wildman–Crippen LogP) is 2.80. The summed E-state index contributed by atoms with van der Waals surface area (Å²) in [6, 6.07) is 18.0. The number of benzene rings is 2. The Balaban J connectivity index is 1.36. The molecule has 1 aliphatic heterocycles. The molecule has 1 aromatic heterocycles. The number of aliphatic hydroxyl groups is 1. The van der Waals surface area contributed by atoms with Crippen molar-refractivity contribution in [1.82, 2.24) is 14.5 Å². The van der Waals surface area contributed by atoms with E-state index in [1.807, 2.05) is 47.0 Å². The molecule has 4 rings (SSSR count). The molecular weight excluding hydrogens is 326 g/mol. The first-order valence-corrected chi connectivity index (χ1v) is 9.13. The third-order valence-electron chi connectivity index (χ3n) is 5.26.